The Labute approximate surface area is 95.4 Å². The van der Waals surface area contributed by atoms with Gasteiger partial charge in [0.15, 0.2) is 5.82 Å². The summed E-state index contributed by atoms with van der Waals surface area (Å²) in [5.74, 6) is 1.27. The Morgan fingerprint density at radius 2 is 2.40 bits per heavy atom. The summed E-state index contributed by atoms with van der Waals surface area (Å²) in [7, 11) is 0. The molecule has 1 saturated heterocycles. The minimum absolute atomic E-state index is 0. The van der Waals surface area contributed by atoms with Crippen molar-refractivity contribution in [2.45, 2.75) is 38.9 Å². The maximum Gasteiger partial charge on any atom is 0.240 e. The fraction of sp³-hybridized carbons (Fsp3) is 0.778. The molecule has 1 aliphatic heterocycles. The van der Waals surface area contributed by atoms with Crippen molar-refractivity contribution in [3.05, 3.63) is 11.7 Å². The predicted molar refractivity (Wildman–Crippen MR) is 58.5 cm³/mol. The monoisotopic (exact) mass is 232 g/mol. The Bertz CT molecular complexity index is 304. The standard InChI is InChI=1S/C9H16N4O.ClH/c1-7-3-2-4-13(7)6-9-11-8(5-10)12-14-9;/h7H,2-6,10H2,1H3;1H. The molecule has 15 heavy (non-hydrogen) atoms. The summed E-state index contributed by atoms with van der Waals surface area (Å²) in [5.41, 5.74) is 5.40. The molecule has 2 rings (SSSR count). The van der Waals surface area contributed by atoms with Crippen molar-refractivity contribution in [1.82, 2.24) is 15.0 Å². The molecule has 2 heterocycles. The smallest absolute Gasteiger partial charge is 0.240 e. The molecule has 1 aromatic rings. The van der Waals surface area contributed by atoms with Crippen LogP contribution in [0.2, 0.25) is 0 Å². The Kier molecular flexibility index (Phi) is 4.50. The van der Waals surface area contributed by atoms with Gasteiger partial charge in [0, 0.05) is 6.04 Å². The third-order valence-corrected chi connectivity index (χ3v) is 2.72. The molecule has 5 nitrogen and oxygen atoms in total. The molecule has 1 fully saturated rings. The van der Waals surface area contributed by atoms with Gasteiger partial charge in [-0.2, -0.15) is 4.98 Å². The second-order valence-corrected chi connectivity index (χ2v) is 3.77. The quantitative estimate of drug-likeness (QED) is 0.840. The molecule has 1 aromatic heterocycles. The third-order valence-electron chi connectivity index (χ3n) is 2.72. The van der Waals surface area contributed by atoms with E-state index in [0.717, 1.165) is 13.1 Å². The zero-order chi connectivity index (χ0) is 9.97. The van der Waals surface area contributed by atoms with Crippen molar-refractivity contribution >= 4 is 12.4 Å². The molecular weight excluding hydrogens is 216 g/mol. The predicted octanol–water partition coefficient (Wildman–Crippen LogP) is 0.934. The van der Waals surface area contributed by atoms with Crippen molar-refractivity contribution in [3.63, 3.8) is 0 Å². The van der Waals surface area contributed by atoms with Crippen molar-refractivity contribution in [3.8, 4) is 0 Å². The molecule has 0 bridgehead atoms. The Morgan fingerprint density at radius 3 is 2.93 bits per heavy atom. The number of rotatable bonds is 3. The SMILES string of the molecule is CC1CCCN1Cc1nc(CN)no1.Cl. The van der Waals surface area contributed by atoms with Crippen LogP contribution >= 0.6 is 12.4 Å². The molecule has 0 radical (unpaired) electrons. The van der Waals surface area contributed by atoms with E-state index in [1.807, 2.05) is 0 Å². The summed E-state index contributed by atoms with van der Waals surface area (Å²) in [6, 6.07) is 0.628. The number of aromatic nitrogens is 2. The van der Waals surface area contributed by atoms with Crippen LogP contribution in [0.25, 0.3) is 0 Å². The highest BCUT2D eigenvalue weighted by molar-refractivity contribution is 5.85. The number of nitrogens with zero attached hydrogens (tertiary/aromatic N) is 3. The van der Waals surface area contributed by atoms with Gasteiger partial charge in [-0.1, -0.05) is 5.16 Å². The van der Waals surface area contributed by atoms with Gasteiger partial charge < -0.3 is 10.3 Å². The van der Waals surface area contributed by atoms with Crippen LogP contribution in [-0.4, -0.2) is 27.6 Å². The van der Waals surface area contributed by atoms with Crippen molar-refractivity contribution in [1.29, 1.82) is 0 Å². The normalized spacial score (nSPS) is 21.6. The maximum atomic E-state index is 5.40. The summed E-state index contributed by atoms with van der Waals surface area (Å²) < 4.78 is 5.08. The van der Waals surface area contributed by atoms with Gasteiger partial charge in [-0.25, -0.2) is 0 Å². The van der Waals surface area contributed by atoms with Crippen LogP contribution in [0.1, 0.15) is 31.5 Å². The number of nitrogens with two attached hydrogens (primary N) is 1. The summed E-state index contributed by atoms with van der Waals surface area (Å²) in [6.45, 7) is 4.46. The van der Waals surface area contributed by atoms with Crippen molar-refractivity contribution in [2.75, 3.05) is 6.54 Å². The Hall–Kier alpha value is -0.650. The second-order valence-electron chi connectivity index (χ2n) is 3.77. The van der Waals surface area contributed by atoms with E-state index in [1.165, 1.54) is 12.8 Å². The summed E-state index contributed by atoms with van der Waals surface area (Å²) in [5, 5.41) is 3.76. The average Bonchev–Trinajstić information content (AvgIpc) is 2.77. The van der Waals surface area contributed by atoms with Gasteiger partial charge in [-0.3, -0.25) is 4.90 Å². The lowest BCUT2D eigenvalue weighted by Crippen LogP contribution is -2.26. The molecule has 1 aliphatic rings. The number of hydrogen-bond donors (Lipinski definition) is 1. The topological polar surface area (TPSA) is 68.2 Å². The van der Waals surface area contributed by atoms with Crippen LogP contribution < -0.4 is 5.73 Å². The number of hydrogen-bond acceptors (Lipinski definition) is 5. The summed E-state index contributed by atoms with van der Waals surface area (Å²) in [4.78, 5) is 6.54. The van der Waals surface area contributed by atoms with Gasteiger partial charge in [-0.05, 0) is 26.3 Å². The zero-order valence-electron chi connectivity index (χ0n) is 8.85. The molecule has 0 aliphatic carbocycles. The molecule has 2 N–H and O–H groups in total. The van der Waals surface area contributed by atoms with Crippen molar-refractivity contribution in [2.24, 2.45) is 5.73 Å². The van der Waals surface area contributed by atoms with Crippen LogP contribution in [0.15, 0.2) is 4.52 Å². The second kappa shape index (κ2) is 5.44. The molecule has 0 aromatic carbocycles. The van der Waals surface area contributed by atoms with E-state index >= 15 is 0 Å². The summed E-state index contributed by atoms with van der Waals surface area (Å²) >= 11 is 0. The lowest BCUT2D eigenvalue weighted by Gasteiger charge is -2.17. The number of likely N-dealkylation sites (tertiary alicyclic amines) is 1. The van der Waals surface area contributed by atoms with E-state index in [2.05, 4.69) is 22.0 Å². The van der Waals surface area contributed by atoms with E-state index in [4.69, 9.17) is 10.3 Å². The third kappa shape index (κ3) is 2.90. The lowest BCUT2D eigenvalue weighted by molar-refractivity contribution is 0.221. The van der Waals surface area contributed by atoms with E-state index in [9.17, 15) is 0 Å². The van der Waals surface area contributed by atoms with Crippen molar-refractivity contribution < 1.29 is 4.52 Å². The highest BCUT2D eigenvalue weighted by Gasteiger charge is 2.22. The van der Waals surface area contributed by atoms with Crippen LogP contribution in [-0.2, 0) is 13.1 Å². The molecular formula is C9H17ClN4O. The van der Waals surface area contributed by atoms with Gasteiger partial charge in [0.25, 0.3) is 0 Å². The van der Waals surface area contributed by atoms with Gasteiger partial charge in [0.2, 0.25) is 5.89 Å². The fourth-order valence-electron chi connectivity index (χ4n) is 1.84. The lowest BCUT2D eigenvalue weighted by atomic mass is 10.2. The Balaban J connectivity index is 0.00000112. The van der Waals surface area contributed by atoms with E-state index in [1.54, 1.807) is 0 Å². The van der Waals surface area contributed by atoms with Crippen LogP contribution in [0, 0.1) is 0 Å². The van der Waals surface area contributed by atoms with E-state index < -0.39 is 0 Å². The highest BCUT2D eigenvalue weighted by Crippen LogP contribution is 2.18. The molecule has 6 heteroatoms. The van der Waals surface area contributed by atoms with Crippen LogP contribution in [0.4, 0.5) is 0 Å². The van der Waals surface area contributed by atoms with Crippen LogP contribution in [0.5, 0.6) is 0 Å². The van der Waals surface area contributed by atoms with E-state index in [-0.39, 0.29) is 12.4 Å². The molecule has 86 valence electrons. The largest absolute Gasteiger partial charge is 0.338 e. The zero-order valence-corrected chi connectivity index (χ0v) is 9.66. The molecule has 0 spiro atoms. The molecule has 1 atom stereocenters. The summed E-state index contributed by atoms with van der Waals surface area (Å²) in [6.07, 6.45) is 2.52. The fourth-order valence-corrected chi connectivity index (χ4v) is 1.84. The average molecular weight is 233 g/mol. The number of halogens is 1. The first-order valence-electron chi connectivity index (χ1n) is 5.05. The van der Waals surface area contributed by atoms with Gasteiger partial charge in [-0.15, -0.1) is 12.4 Å². The van der Waals surface area contributed by atoms with E-state index in [0.29, 0.717) is 24.3 Å². The van der Waals surface area contributed by atoms with Gasteiger partial charge >= 0.3 is 0 Å². The molecule has 0 amide bonds. The molecule has 0 saturated carbocycles. The molecule has 1 unspecified atom stereocenters. The van der Waals surface area contributed by atoms with Gasteiger partial charge in [0.1, 0.15) is 0 Å². The maximum absolute atomic E-state index is 5.40. The Morgan fingerprint density at radius 1 is 1.60 bits per heavy atom. The first kappa shape index (κ1) is 12.4. The van der Waals surface area contributed by atoms with Crippen LogP contribution in [0.3, 0.4) is 0 Å². The van der Waals surface area contributed by atoms with Gasteiger partial charge in [0.05, 0.1) is 13.1 Å². The first-order chi connectivity index (χ1) is 6.79. The minimum atomic E-state index is 0. The highest BCUT2D eigenvalue weighted by atomic mass is 35.5. The first-order valence-corrected chi connectivity index (χ1v) is 5.05. The minimum Gasteiger partial charge on any atom is -0.338 e.